The zero-order valence-electron chi connectivity index (χ0n) is 11.0. The normalized spacial score (nSPS) is 16.4. The van der Waals surface area contributed by atoms with E-state index in [1.54, 1.807) is 7.05 Å². The molecule has 0 saturated heterocycles. The molecule has 110 valence electrons. The molecule has 1 amide bonds. The fourth-order valence-electron chi connectivity index (χ4n) is 2.54. The number of nitrogens with zero attached hydrogens (tertiary/aromatic N) is 1. The summed E-state index contributed by atoms with van der Waals surface area (Å²) in [6.07, 6.45) is -1.06. The van der Waals surface area contributed by atoms with Gasteiger partial charge in [-0.3, -0.25) is 4.79 Å². The van der Waals surface area contributed by atoms with Gasteiger partial charge in [0.25, 0.3) is 5.91 Å². The van der Waals surface area contributed by atoms with Crippen LogP contribution in [-0.4, -0.2) is 23.9 Å². The van der Waals surface area contributed by atoms with Gasteiger partial charge in [-0.15, -0.1) is 0 Å². The number of hydrogen-bond donors (Lipinski definition) is 0. The third-order valence-electron chi connectivity index (χ3n) is 3.71. The zero-order chi connectivity index (χ0) is 14.9. The van der Waals surface area contributed by atoms with Crippen molar-refractivity contribution in [3.05, 3.63) is 35.1 Å². The van der Waals surface area contributed by atoms with Crippen LogP contribution >= 0.6 is 0 Å². The molecule has 20 heavy (non-hydrogen) atoms. The third kappa shape index (κ3) is 2.94. The van der Waals surface area contributed by atoms with E-state index in [9.17, 15) is 22.4 Å². The highest BCUT2D eigenvalue weighted by Crippen LogP contribution is 2.32. The first-order valence-electron chi connectivity index (χ1n) is 6.44. The van der Waals surface area contributed by atoms with Gasteiger partial charge in [-0.25, -0.2) is 4.39 Å². The summed E-state index contributed by atoms with van der Waals surface area (Å²) in [5.41, 5.74) is -1.53. The standard InChI is InChI=1S/C14H15F4NO/c1-19(10-4-2-3-5-10)13(20)9-6-7-12(15)11(8-9)14(16,17)18/h6-8,10H,2-5H2,1H3. The number of alkyl halides is 3. The first-order valence-corrected chi connectivity index (χ1v) is 6.44. The molecule has 0 aliphatic heterocycles. The Labute approximate surface area is 114 Å². The van der Waals surface area contributed by atoms with Gasteiger partial charge >= 0.3 is 6.18 Å². The van der Waals surface area contributed by atoms with E-state index in [4.69, 9.17) is 0 Å². The molecular formula is C14H15F4NO. The van der Waals surface area contributed by atoms with Gasteiger partial charge in [-0.1, -0.05) is 12.8 Å². The van der Waals surface area contributed by atoms with Crippen molar-refractivity contribution in [1.82, 2.24) is 4.90 Å². The van der Waals surface area contributed by atoms with Gasteiger partial charge in [0.15, 0.2) is 0 Å². The number of rotatable bonds is 2. The summed E-state index contributed by atoms with van der Waals surface area (Å²) in [7, 11) is 1.58. The molecule has 1 aromatic carbocycles. The molecule has 0 spiro atoms. The van der Waals surface area contributed by atoms with E-state index in [0.717, 1.165) is 31.7 Å². The highest BCUT2D eigenvalue weighted by molar-refractivity contribution is 5.94. The van der Waals surface area contributed by atoms with Crippen LogP contribution in [0.5, 0.6) is 0 Å². The van der Waals surface area contributed by atoms with E-state index >= 15 is 0 Å². The van der Waals surface area contributed by atoms with Crippen molar-refractivity contribution >= 4 is 5.91 Å². The highest BCUT2D eigenvalue weighted by atomic mass is 19.4. The van der Waals surface area contributed by atoms with E-state index in [1.807, 2.05) is 0 Å². The molecule has 0 atom stereocenters. The molecule has 2 rings (SSSR count). The Balaban J connectivity index is 2.26. The van der Waals surface area contributed by atoms with Crippen molar-refractivity contribution in [2.24, 2.45) is 0 Å². The van der Waals surface area contributed by atoms with Gasteiger partial charge in [0.2, 0.25) is 0 Å². The Hall–Kier alpha value is -1.59. The lowest BCUT2D eigenvalue weighted by Gasteiger charge is -2.24. The monoisotopic (exact) mass is 289 g/mol. The number of amides is 1. The summed E-state index contributed by atoms with van der Waals surface area (Å²) in [6.45, 7) is 0. The Bertz CT molecular complexity index is 506. The maximum atomic E-state index is 13.2. The van der Waals surface area contributed by atoms with Crippen LogP contribution in [0.3, 0.4) is 0 Å². The van der Waals surface area contributed by atoms with Crippen molar-refractivity contribution in [3.8, 4) is 0 Å². The maximum absolute atomic E-state index is 13.2. The third-order valence-corrected chi connectivity index (χ3v) is 3.71. The first-order chi connectivity index (χ1) is 9.30. The summed E-state index contributed by atoms with van der Waals surface area (Å²) in [6, 6.07) is 2.43. The lowest BCUT2D eigenvalue weighted by molar-refractivity contribution is -0.140. The van der Waals surface area contributed by atoms with Crippen LogP contribution in [0.15, 0.2) is 18.2 Å². The Morgan fingerprint density at radius 2 is 1.85 bits per heavy atom. The average Bonchev–Trinajstić information content (AvgIpc) is 2.90. The summed E-state index contributed by atoms with van der Waals surface area (Å²) < 4.78 is 51.1. The second kappa shape index (κ2) is 5.42. The van der Waals surface area contributed by atoms with Crippen LogP contribution in [0.1, 0.15) is 41.6 Å². The second-order valence-electron chi connectivity index (χ2n) is 5.05. The van der Waals surface area contributed by atoms with Gasteiger partial charge in [-0.2, -0.15) is 13.2 Å². The lowest BCUT2D eigenvalue weighted by atomic mass is 10.1. The Morgan fingerprint density at radius 1 is 1.25 bits per heavy atom. The van der Waals surface area contributed by atoms with Crippen molar-refractivity contribution < 1.29 is 22.4 Å². The molecule has 0 N–H and O–H groups in total. The molecule has 1 fully saturated rings. The van der Waals surface area contributed by atoms with Crippen LogP contribution in [0.25, 0.3) is 0 Å². The molecule has 0 aromatic heterocycles. The van der Waals surface area contributed by atoms with E-state index in [1.165, 1.54) is 4.90 Å². The zero-order valence-corrected chi connectivity index (χ0v) is 11.0. The predicted octanol–water partition coefficient (Wildman–Crippen LogP) is 3.86. The SMILES string of the molecule is CN(C(=O)c1ccc(F)c(C(F)(F)F)c1)C1CCCC1. The fourth-order valence-corrected chi connectivity index (χ4v) is 2.54. The quantitative estimate of drug-likeness (QED) is 0.757. The highest BCUT2D eigenvalue weighted by Gasteiger charge is 2.35. The molecule has 0 heterocycles. The van der Waals surface area contributed by atoms with E-state index in [-0.39, 0.29) is 11.6 Å². The molecule has 1 aliphatic rings. The molecule has 1 saturated carbocycles. The van der Waals surface area contributed by atoms with Crippen molar-refractivity contribution in [2.45, 2.75) is 37.9 Å². The summed E-state index contributed by atoms with van der Waals surface area (Å²) in [5, 5.41) is 0. The molecule has 1 aromatic rings. The Morgan fingerprint density at radius 3 is 2.40 bits per heavy atom. The van der Waals surface area contributed by atoms with E-state index < -0.39 is 23.5 Å². The number of benzene rings is 1. The molecule has 1 aliphatic carbocycles. The van der Waals surface area contributed by atoms with Gasteiger partial charge in [0.1, 0.15) is 5.82 Å². The second-order valence-corrected chi connectivity index (χ2v) is 5.05. The largest absolute Gasteiger partial charge is 0.419 e. The van der Waals surface area contributed by atoms with Crippen LogP contribution in [-0.2, 0) is 6.18 Å². The number of carbonyl (C=O) groups is 1. The number of carbonyl (C=O) groups excluding carboxylic acids is 1. The topological polar surface area (TPSA) is 20.3 Å². The Kier molecular flexibility index (Phi) is 4.01. The van der Waals surface area contributed by atoms with Crippen LogP contribution < -0.4 is 0 Å². The molecule has 2 nitrogen and oxygen atoms in total. The predicted molar refractivity (Wildman–Crippen MR) is 65.8 cm³/mol. The summed E-state index contributed by atoms with van der Waals surface area (Å²) >= 11 is 0. The first kappa shape index (κ1) is 14.8. The minimum absolute atomic E-state index is 0.0573. The minimum atomic E-state index is -4.80. The van der Waals surface area contributed by atoms with Gasteiger partial charge in [0.05, 0.1) is 5.56 Å². The van der Waals surface area contributed by atoms with Gasteiger partial charge in [0, 0.05) is 18.7 Å². The van der Waals surface area contributed by atoms with Gasteiger partial charge < -0.3 is 4.90 Å². The fraction of sp³-hybridized carbons (Fsp3) is 0.500. The summed E-state index contributed by atoms with van der Waals surface area (Å²) in [5.74, 6) is -1.86. The van der Waals surface area contributed by atoms with Crippen molar-refractivity contribution in [1.29, 1.82) is 0 Å². The molecule has 0 unspecified atom stereocenters. The maximum Gasteiger partial charge on any atom is 0.419 e. The molecular weight excluding hydrogens is 274 g/mol. The van der Waals surface area contributed by atoms with Crippen LogP contribution in [0, 0.1) is 5.82 Å². The number of hydrogen-bond acceptors (Lipinski definition) is 1. The number of halogens is 4. The molecule has 0 radical (unpaired) electrons. The van der Waals surface area contributed by atoms with Crippen LogP contribution in [0.4, 0.5) is 17.6 Å². The smallest absolute Gasteiger partial charge is 0.339 e. The van der Waals surface area contributed by atoms with E-state index in [0.29, 0.717) is 12.1 Å². The van der Waals surface area contributed by atoms with Gasteiger partial charge in [-0.05, 0) is 31.0 Å². The molecule has 0 bridgehead atoms. The van der Waals surface area contributed by atoms with Crippen molar-refractivity contribution in [3.63, 3.8) is 0 Å². The minimum Gasteiger partial charge on any atom is -0.339 e. The average molecular weight is 289 g/mol. The van der Waals surface area contributed by atoms with E-state index in [2.05, 4.69) is 0 Å². The van der Waals surface area contributed by atoms with Crippen molar-refractivity contribution in [2.75, 3.05) is 7.05 Å². The lowest BCUT2D eigenvalue weighted by Crippen LogP contribution is -2.35. The summed E-state index contributed by atoms with van der Waals surface area (Å²) in [4.78, 5) is 13.6. The molecule has 6 heteroatoms. The van der Waals surface area contributed by atoms with Crippen LogP contribution in [0.2, 0.25) is 0 Å².